The van der Waals surface area contributed by atoms with Crippen molar-refractivity contribution in [2.45, 2.75) is 20.4 Å². The van der Waals surface area contributed by atoms with E-state index in [1.807, 2.05) is 67.2 Å². The van der Waals surface area contributed by atoms with Gasteiger partial charge in [-0.25, -0.2) is 4.98 Å². The minimum absolute atomic E-state index is 0.0725. The van der Waals surface area contributed by atoms with Gasteiger partial charge in [-0.3, -0.25) is 4.79 Å². The lowest BCUT2D eigenvalue weighted by atomic mass is 10.1. The lowest BCUT2D eigenvalue weighted by Crippen LogP contribution is -2.22. The number of rotatable bonds is 4. The molecule has 3 aromatic rings. The standard InChI is InChI=1S/C17H17N3OS/c1-12-7-3-4-8-14(12)11-18-16(21)15-13(2)19-17(22-15)20-9-5-6-10-20/h3-10H,11H2,1-2H3,(H,18,21). The van der Waals surface area contributed by atoms with Gasteiger partial charge >= 0.3 is 0 Å². The topological polar surface area (TPSA) is 46.9 Å². The number of amides is 1. The Hall–Kier alpha value is -2.40. The third kappa shape index (κ3) is 2.94. The number of benzene rings is 1. The number of hydrogen-bond donors (Lipinski definition) is 1. The summed E-state index contributed by atoms with van der Waals surface area (Å²) in [4.78, 5) is 17.5. The molecule has 0 fully saturated rings. The van der Waals surface area contributed by atoms with E-state index in [0.29, 0.717) is 11.4 Å². The number of aryl methyl sites for hydroxylation is 2. The molecule has 0 aliphatic rings. The minimum Gasteiger partial charge on any atom is -0.347 e. The van der Waals surface area contributed by atoms with Crippen LogP contribution in [0.5, 0.6) is 0 Å². The number of thiazole rings is 1. The van der Waals surface area contributed by atoms with E-state index >= 15 is 0 Å². The molecule has 0 saturated heterocycles. The Morgan fingerprint density at radius 2 is 1.91 bits per heavy atom. The van der Waals surface area contributed by atoms with E-state index in [9.17, 15) is 4.79 Å². The summed E-state index contributed by atoms with van der Waals surface area (Å²) in [6, 6.07) is 11.9. The van der Waals surface area contributed by atoms with Crippen molar-refractivity contribution in [3.05, 3.63) is 70.5 Å². The van der Waals surface area contributed by atoms with Crippen molar-refractivity contribution in [2.24, 2.45) is 0 Å². The maximum atomic E-state index is 12.4. The van der Waals surface area contributed by atoms with Crippen LogP contribution < -0.4 is 5.32 Å². The van der Waals surface area contributed by atoms with Crippen molar-refractivity contribution in [1.82, 2.24) is 14.9 Å². The second kappa shape index (κ2) is 6.15. The van der Waals surface area contributed by atoms with Gasteiger partial charge in [-0.05, 0) is 37.1 Å². The zero-order valence-electron chi connectivity index (χ0n) is 12.5. The van der Waals surface area contributed by atoms with Crippen molar-refractivity contribution in [2.75, 3.05) is 0 Å². The van der Waals surface area contributed by atoms with Gasteiger partial charge in [0.05, 0.1) is 5.69 Å². The van der Waals surface area contributed by atoms with Gasteiger partial charge in [0.15, 0.2) is 5.13 Å². The highest BCUT2D eigenvalue weighted by molar-refractivity contribution is 7.16. The number of hydrogen-bond acceptors (Lipinski definition) is 3. The number of aromatic nitrogens is 2. The molecule has 112 valence electrons. The van der Waals surface area contributed by atoms with Gasteiger partial charge in [0, 0.05) is 18.9 Å². The lowest BCUT2D eigenvalue weighted by molar-refractivity contribution is 0.0954. The molecule has 0 spiro atoms. The molecule has 1 aromatic carbocycles. The molecule has 4 nitrogen and oxygen atoms in total. The molecule has 22 heavy (non-hydrogen) atoms. The number of nitrogens with zero attached hydrogens (tertiary/aromatic N) is 2. The molecule has 0 saturated carbocycles. The summed E-state index contributed by atoms with van der Waals surface area (Å²) in [6.07, 6.45) is 3.85. The van der Waals surface area contributed by atoms with E-state index < -0.39 is 0 Å². The van der Waals surface area contributed by atoms with Gasteiger partial charge < -0.3 is 9.88 Å². The van der Waals surface area contributed by atoms with Crippen LogP contribution in [0.2, 0.25) is 0 Å². The molecule has 0 radical (unpaired) electrons. The maximum absolute atomic E-state index is 12.4. The summed E-state index contributed by atoms with van der Waals surface area (Å²) in [6.45, 7) is 4.44. The van der Waals surface area contributed by atoms with Crippen LogP contribution in [-0.4, -0.2) is 15.5 Å². The van der Waals surface area contributed by atoms with Crippen LogP contribution in [0.15, 0.2) is 48.8 Å². The smallest absolute Gasteiger partial charge is 0.263 e. The average Bonchev–Trinajstić information content (AvgIpc) is 3.15. The highest BCUT2D eigenvalue weighted by Gasteiger charge is 2.15. The summed E-state index contributed by atoms with van der Waals surface area (Å²) in [7, 11) is 0. The van der Waals surface area contributed by atoms with Crippen LogP contribution in [0, 0.1) is 13.8 Å². The van der Waals surface area contributed by atoms with Crippen LogP contribution in [-0.2, 0) is 6.54 Å². The molecule has 0 atom stereocenters. The fourth-order valence-electron chi connectivity index (χ4n) is 2.23. The molecule has 2 aromatic heterocycles. The number of nitrogens with one attached hydrogen (secondary N) is 1. The molecule has 5 heteroatoms. The molecule has 1 N–H and O–H groups in total. The zero-order chi connectivity index (χ0) is 15.5. The van der Waals surface area contributed by atoms with Gasteiger partial charge in [-0.1, -0.05) is 35.6 Å². The van der Waals surface area contributed by atoms with E-state index in [-0.39, 0.29) is 5.91 Å². The second-order valence-electron chi connectivity index (χ2n) is 5.11. The van der Waals surface area contributed by atoms with Crippen molar-refractivity contribution in [1.29, 1.82) is 0 Å². The van der Waals surface area contributed by atoms with Crippen molar-refractivity contribution in [3.8, 4) is 5.13 Å². The third-order valence-electron chi connectivity index (χ3n) is 3.52. The Labute approximate surface area is 133 Å². The Bertz CT molecular complexity index is 790. The summed E-state index contributed by atoms with van der Waals surface area (Å²) in [5, 5.41) is 3.79. The Morgan fingerprint density at radius 3 is 2.64 bits per heavy atom. The minimum atomic E-state index is -0.0725. The summed E-state index contributed by atoms with van der Waals surface area (Å²) < 4.78 is 1.91. The first-order valence-corrected chi connectivity index (χ1v) is 7.90. The first-order chi connectivity index (χ1) is 10.6. The summed E-state index contributed by atoms with van der Waals surface area (Å²) in [5.41, 5.74) is 3.07. The highest BCUT2D eigenvalue weighted by atomic mass is 32.1. The van der Waals surface area contributed by atoms with Crippen molar-refractivity contribution < 1.29 is 4.79 Å². The van der Waals surface area contributed by atoms with Crippen LogP contribution in [0.1, 0.15) is 26.5 Å². The number of carbonyl (C=O) groups is 1. The van der Waals surface area contributed by atoms with Gasteiger partial charge in [0.2, 0.25) is 0 Å². The lowest BCUT2D eigenvalue weighted by Gasteiger charge is -2.07. The van der Waals surface area contributed by atoms with Crippen LogP contribution in [0.3, 0.4) is 0 Å². The van der Waals surface area contributed by atoms with E-state index in [0.717, 1.165) is 16.4 Å². The first-order valence-electron chi connectivity index (χ1n) is 7.08. The normalized spacial score (nSPS) is 10.6. The molecule has 0 bridgehead atoms. The fourth-order valence-corrected chi connectivity index (χ4v) is 3.18. The van der Waals surface area contributed by atoms with Gasteiger partial charge in [0.1, 0.15) is 4.88 Å². The van der Waals surface area contributed by atoms with Crippen LogP contribution in [0.25, 0.3) is 5.13 Å². The molecule has 0 aliphatic heterocycles. The average molecular weight is 311 g/mol. The maximum Gasteiger partial charge on any atom is 0.263 e. The predicted molar refractivity (Wildman–Crippen MR) is 88.5 cm³/mol. The molecule has 3 rings (SSSR count). The Kier molecular flexibility index (Phi) is 4.06. The second-order valence-corrected chi connectivity index (χ2v) is 6.09. The molecule has 0 unspecified atom stereocenters. The monoisotopic (exact) mass is 311 g/mol. The predicted octanol–water partition coefficient (Wildman–Crippen LogP) is 3.48. The number of carbonyl (C=O) groups excluding carboxylic acids is 1. The van der Waals surface area contributed by atoms with Crippen molar-refractivity contribution >= 4 is 17.2 Å². The fraction of sp³-hybridized carbons (Fsp3) is 0.176. The van der Waals surface area contributed by atoms with Gasteiger partial charge in [-0.15, -0.1) is 0 Å². The van der Waals surface area contributed by atoms with Crippen LogP contribution in [0.4, 0.5) is 0 Å². The Morgan fingerprint density at radius 1 is 1.18 bits per heavy atom. The zero-order valence-corrected chi connectivity index (χ0v) is 13.4. The van der Waals surface area contributed by atoms with E-state index in [1.54, 1.807) is 0 Å². The first kappa shape index (κ1) is 14.5. The van der Waals surface area contributed by atoms with Gasteiger partial charge in [0.25, 0.3) is 5.91 Å². The quantitative estimate of drug-likeness (QED) is 0.802. The van der Waals surface area contributed by atoms with Crippen molar-refractivity contribution in [3.63, 3.8) is 0 Å². The molecular formula is C17H17N3OS. The molecule has 1 amide bonds. The summed E-state index contributed by atoms with van der Waals surface area (Å²) >= 11 is 1.40. The highest BCUT2D eigenvalue weighted by Crippen LogP contribution is 2.21. The van der Waals surface area contributed by atoms with E-state index in [2.05, 4.69) is 10.3 Å². The van der Waals surface area contributed by atoms with E-state index in [4.69, 9.17) is 0 Å². The van der Waals surface area contributed by atoms with E-state index in [1.165, 1.54) is 16.9 Å². The third-order valence-corrected chi connectivity index (χ3v) is 4.69. The summed E-state index contributed by atoms with van der Waals surface area (Å²) in [5.74, 6) is -0.0725. The Balaban J connectivity index is 1.74. The molecule has 2 heterocycles. The SMILES string of the molecule is Cc1ccccc1CNC(=O)c1sc(-n2cccc2)nc1C. The van der Waals surface area contributed by atoms with Crippen LogP contribution >= 0.6 is 11.3 Å². The molecular weight excluding hydrogens is 294 g/mol. The van der Waals surface area contributed by atoms with Gasteiger partial charge in [-0.2, -0.15) is 0 Å². The molecule has 0 aliphatic carbocycles. The largest absolute Gasteiger partial charge is 0.347 e.